The van der Waals surface area contributed by atoms with Crippen LogP contribution in [0.3, 0.4) is 0 Å². The van der Waals surface area contributed by atoms with Crippen molar-refractivity contribution in [3.05, 3.63) is 200 Å². The van der Waals surface area contributed by atoms with E-state index in [4.69, 9.17) is 4.42 Å². The van der Waals surface area contributed by atoms with Crippen LogP contribution in [0.2, 0.25) is 0 Å². The average Bonchev–Trinajstić information content (AvgIpc) is 3.82. The molecule has 0 saturated heterocycles. The molecule has 258 valence electrons. The van der Waals surface area contributed by atoms with Crippen LogP contribution in [0.5, 0.6) is 0 Å². The number of para-hydroxylation sites is 2. The van der Waals surface area contributed by atoms with E-state index in [-0.39, 0.29) is 0 Å². The standard InChI is InChI=1S/C52H33NOS/c1-2-15-41-35(11-1)12-10-19-42(41)43-16-3-6-20-48(43)53(39-27-23-34(24-28-39)37-26-30-50-47(32-37)44-17-4-7-21-49(44)54-50)40-14-9-13-36(31-40)38-25-29-46-45-18-5-8-22-51(45)55-52(46)33-38/h1-33H. The lowest BCUT2D eigenvalue weighted by Gasteiger charge is -2.29. The zero-order valence-corrected chi connectivity index (χ0v) is 30.6. The fourth-order valence-corrected chi connectivity index (χ4v) is 9.37. The summed E-state index contributed by atoms with van der Waals surface area (Å²) in [6.07, 6.45) is 0. The van der Waals surface area contributed by atoms with Gasteiger partial charge >= 0.3 is 0 Å². The topological polar surface area (TPSA) is 16.4 Å². The van der Waals surface area contributed by atoms with Gasteiger partial charge in [0, 0.05) is 47.9 Å². The quantitative estimate of drug-likeness (QED) is 0.170. The highest BCUT2D eigenvalue weighted by atomic mass is 32.1. The third-order valence-corrected chi connectivity index (χ3v) is 12.0. The van der Waals surface area contributed by atoms with Gasteiger partial charge in [0.2, 0.25) is 0 Å². The third-order valence-electron chi connectivity index (χ3n) is 10.9. The molecule has 55 heavy (non-hydrogen) atoms. The summed E-state index contributed by atoms with van der Waals surface area (Å²) in [5.74, 6) is 0. The number of benzene rings is 9. The molecule has 3 heteroatoms. The number of fused-ring (bicyclic) bond motifs is 7. The summed E-state index contributed by atoms with van der Waals surface area (Å²) in [4.78, 5) is 2.41. The zero-order chi connectivity index (χ0) is 36.3. The average molecular weight is 720 g/mol. The van der Waals surface area contributed by atoms with Crippen LogP contribution in [0.15, 0.2) is 205 Å². The van der Waals surface area contributed by atoms with Crippen LogP contribution in [-0.4, -0.2) is 0 Å². The highest BCUT2D eigenvalue weighted by molar-refractivity contribution is 7.25. The van der Waals surface area contributed by atoms with Gasteiger partial charge < -0.3 is 9.32 Å². The minimum Gasteiger partial charge on any atom is -0.456 e. The second kappa shape index (κ2) is 12.9. The highest BCUT2D eigenvalue weighted by Gasteiger charge is 2.19. The van der Waals surface area contributed by atoms with Crippen molar-refractivity contribution in [2.24, 2.45) is 0 Å². The van der Waals surface area contributed by atoms with E-state index < -0.39 is 0 Å². The van der Waals surface area contributed by atoms with E-state index in [2.05, 4.69) is 193 Å². The molecule has 0 aliphatic rings. The van der Waals surface area contributed by atoms with Gasteiger partial charge in [-0.2, -0.15) is 0 Å². The molecule has 0 fully saturated rings. The second-order valence-corrected chi connectivity index (χ2v) is 15.2. The summed E-state index contributed by atoms with van der Waals surface area (Å²) < 4.78 is 8.76. The minimum atomic E-state index is 0.907. The van der Waals surface area contributed by atoms with E-state index >= 15 is 0 Å². The summed E-state index contributed by atoms with van der Waals surface area (Å²) in [7, 11) is 0. The maximum atomic E-state index is 6.14. The molecule has 0 saturated carbocycles. The first-order valence-corrected chi connectivity index (χ1v) is 19.5. The molecule has 0 spiro atoms. The fourth-order valence-electron chi connectivity index (χ4n) is 8.22. The van der Waals surface area contributed by atoms with E-state index in [0.29, 0.717) is 0 Å². The first kappa shape index (κ1) is 31.6. The summed E-state index contributed by atoms with van der Waals surface area (Å²) in [6, 6.07) is 72.4. The highest BCUT2D eigenvalue weighted by Crippen LogP contribution is 2.44. The first-order valence-electron chi connectivity index (χ1n) is 18.7. The Balaban J connectivity index is 1.06. The second-order valence-electron chi connectivity index (χ2n) is 14.1. The molecule has 0 radical (unpaired) electrons. The molecule has 2 heterocycles. The van der Waals surface area contributed by atoms with Crippen molar-refractivity contribution in [1.29, 1.82) is 0 Å². The molecule has 2 nitrogen and oxygen atoms in total. The van der Waals surface area contributed by atoms with E-state index in [1.54, 1.807) is 0 Å². The number of rotatable bonds is 6. The number of nitrogens with zero attached hydrogens (tertiary/aromatic N) is 1. The molecule has 0 aliphatic heterocycles. The molecule has 11 aromatic rings. The molecule has 0 N–H and O–H groups in total. The number of furan rings is 1. The van der Waals surface area contributed by atoms with Crippen molar-refractivity contribution in [3.63, 3.8) is 0 Å². The summed E-state index contributed by atoms with van der Waals surface area (Å²) in [6.45, 7) is 0. The van der Waals surface area contributed by atoms with Crippen molar-refractivity contribution in [2.75, 3.05) is 4.90 Å². The van der Waals surface area contributed by atoms with Crippen LogP contribution in [0.4, 0.5) is 17.1 Å². The van der Waals surface area contributed by atoms with Gasteiger partial charge in [0.1, 0.15) is 11.2 Å². The molecule has 2 aromatic heterocycles. The normalized spacial score (nSPS) is 11.6. The molecule has 0 aliphatic carbocycles. The fraction of sp³-hybridized carbons (Fsp3) is 0. The van der Waals surface area contributed by atoms with Crippen molar-refractivity contribution in [2.45, 2.75) is 0 Å². The monoisotopic (exact) mass is 719 g/mol. The lowest BCUT2D eigenvalue weighted by Crippen LogP contribution is -2.11. The molecule has 0 unspecified atom stereocenters. The molecule has 0 atom stereocenters. The largest absolute Gasteiger partial charge is 0.456 e. The van der Waals surface area contributed by atoms with Gasteiger partial charge in [-0.05, 0) is 99.3 Å². The van der Waals surface area contributed by atoms with Crippen LogP contribution < -0.4 is 4.90 Å². The SMILES string of the molecule is c1cc(-c2ccc3c(c2)sc2ccccc23)cc(N(c2ccc(-c3ccc4oc5ccccc5c4c3)cc2)c2ccccc2-c2cccc3ccccc23)c1. The van der Waals surface area contributed by atoms with Gasteiger partial charge in [-0.25, -0.2) is 0 Å². The molecule has 11 rings (SSSR count). The number of anilines is 3. The van der Waals surface area contributed by atoms with Crippen molar-refractivity contribution >= 4 is 81.3 Å². The van der Waals surface area contributed by atoms with Crippen LogP contribution in [0.1, 0.15) is 0 Å². The predicted octanol–water partition coefficient (Wildman–Crippen LogP) is 15.6. The van der Waals surface area contributed by atoms with Gasteiger partial charge in [-0.1, -0.05) is 140 Å². The lowest BCUT2D eigenvalue weighted by atomic mass is 9.95. The maximum Gasteiger partial charge on any atom is 0.135 e. The van der Waals surface area contributed by atoms with Crippen LogP contribution >= 0.6 is 11.3 Å². The Morgan fingerprint density at radius 3 is 1.91 bits per heavy atom. The Morgan fingerprint density at radius 2 is 0.982 bits per heavy atom. The lowest BCUT2D eigenvalue weighted by molar-refractivity contribution is 0.669. The summed E-state index contributed by atoms with van der Waals surface area (Å²) >= 11 is 1.86. The summed E-state index contributed by atoms with van der Waals surface area (Å²) in [5.41, 5.74) is 12.2. The Bertz CT molecular complexity index is 3220. The molecular formula is C52H33NOS. The first-order chi connectivity index (χ1) is 27.2. The van der Waals surface area contributed by atoms with Gasteiger partial charge in [0.05, 0.1) is 5.69 Å². The maximum absolute atomic E-state index is 6.14. The number of hydrogen-bond acceptors (Lipinski definition) is 3. The predicted molar refractivity (Wildman–Crippen MR) is 235 cm³/mol. The Kier molecular flexibility index (Phi) is 7.39. The summed E-state index contributed by atoms with van der Waals surface area (Å²) in [5, 5.41) is 7.37. The number of thiophene rings is 1. The van der Waals surface area contributed by atoms with E-state index in [1.807, 2.05) is 23.5 Å². The zero-order valence-electron chi connectivity index (χ0n) is 29.8. The third kappa shape index (κ3) is 5.40. The van der Waals surface area contributed by atoms with Crippen LogP contribution in [0, 0.1) is 0 Å². The molecular weight excluding hydrogens is 687 g/mol. The Labute approximate surface area is 322 Å². The van der Waals surface area contributed by atoms with E-state index in [9.17, 15) is 0 Å². The molecule has 0 amide bonds. The van der Waals surface area contributed by atoms with E-state index in [1.165, 1.54) is 53.2 Å². The van der Waals surface area contributed by atoms with Crippen molar-refractivity contribution in [3.8, 4) is 33.4 Å². The van der Waals surface area contributed by atoms with Gasteiger partial charge in [-0.15, -0.1) is 11.3 Å². The van der Waals surface area contributed by atoms with E-state index in [0.717, 1.165) is 50.1 Å². The minimum absolute atomic E-state index is 0.907. The van der Waals surface area contributed by atoms with Crippen molar-refractivity contribution in [1.82, 2.24) is 0 Å². The Hall–Kier alpha value is -6.94. The Morgan fingerprint density at radius 1 is 0.345 bits per heavy atom. The molecule has 0 bridgehead atoms. The smallest absolute Gasteiger partial charge is 0.135 e. The van der Waals surface area contributed by atoms with Crippen LogP contribution in [0.25, 0.3) is 86.3 Å². The van der Waals surface area contributed by atoms with Gasteiger partial charge in [-0.3, -0.25) is 0 Å². The molecule has 9 aromatic carbocycles. The van der Waals surface area contributed by atoms with Crippen molar-refractivity contribution < 1.29 is 4.42 Å². The van der Waals surface area contributed by atoms with Gasteiger partial charge in [0.25, 0.3) is 0 Å². The van der Waals surface area contributed by atoms with Gasteiger partial charge in [0.15, 0.2) is 0 Å². The van der Waals surface area contributed by atoms with Crippen LogP contribution in [-0.2, 0) is 0 Å². The number of hydrogen-bond donors (Lipinski definition) is 0.